The Hall–Kier alpha value is -2.63. The minimum Gasteiger partial charge on any atom is -0.480 e. The smallest absolute Gasteiger partial charge is 0.326 e. The molecule has 156 valence electrons. The second kappa shape index (κ2) is 9.72. The van der Waals surface area contributed by atoms with Crippen molar-refractivity contribution in [1.82, 2.24) is 9.55 Å². The average Bonchev–Trinajstić information content (AvgIpc) is 3.08. The molecule has 1 saturated carbocycles. The Morgan fingerprint density at radius 2 is 1.97 bits per heavy atom. The molecule has 29 heavy (non-hydrogen) atoms. The van der Waals surface area contributed by atoms with Crippen molar-refractivity contribution in [3.05, 3.63) is 58.3 Å². The summed E-state index contributed by atoms with van der Waals surface area (Å²) in [4.78, 5) is 29.1. The van der Waals surface area contributed by atoms with Gasteiger partial charge in [0.25, 0.3) is 5.56 Å². The number of fused-ring (bicyclic) bond motifs is 1. The number of carboxylic acid groups (broad SMARTS) is 1. The molecule has 2 aromatic rings. The second-order valence-corrected chi connectivity index (χ2v) is 7.61. The van der Waals surface area contributed by atoms with Crippen LogP contribution in [-0.4, -0.2) is 27.2 Å². The van der Waals surface area contributed by atoms with Crippen LogP contribution in [0.25, 0.3) is 0 Å². The van der Waals surface area contributed by atoms with E-state index in [9.17, 15) is 14.7 Å². The van der Waals surface area contributed by atoms with Gasteiger partial charge in [0.1, 0.15) is 17.6 Å². The summed E-state index contributed by atoms with van der Waals surface area (Å²) in [7, 11) is 0. The highest BCUT2D eigenvalue weighted by Gasteiger charge is 2.42. The van der Waals surface area contributed by atoms with Gasteiger partial charge in [-0.3, -0.25) is 9.36 Å². The predicted molar refractivity (Wildman–Crippen MR) is 114 cm³/mol. The highest BCUT2D eigenvalue weighted by Crippen LogP contribution is 2.46. The Labute approximate surface area is 172 Å². The summed E-state index contributed by atoms with van der Waals surface area (Å²) in [6.07, 6.45) is 7.28. The molecular weight excluding hydrogens is 366 g/mol. The third-order valence-corrected chi connectivity index (χ3v) is 5.95. The number of nitrogens with one attached hydrogen (secondary N) is 1. The van der Waals surface area contributed by atoms with Crippen LogP contribution in [0, 0.1) is 5.92 Å². The minimum atomic E-state index is -0.941. The molecule has 2 N–H and O–H groups in total. The predicted octanol–water partition coefficient (Wildman–Crippen LogP) is 4.23. The Kier molecular flexibility index (Phi) is 7.07. The number of aromatic nitrogens is 2. The van der Waals surface area contributed by atoms with Crippen molar-refractivity contribution in [2.75, 3.05) is 11.9 Å². The van der Waals surface area contributed by atoms with Gasteiger partial charge in [0.2, 0.25) is 0 Å². The fourth-order valence-corrected chi connectivity index (χ4v) is 4.25. The Balaban J connectivity index is 0.00000117. The van der Waals surface area contributed by atoms with E-state index in [0.29, 0.717) is 30.4 Å². The van der Waals surface area contributed by atoms with Crippen LogP contribution in [0.3, 0.4) is 0 Å². The van der Waals surface area contributed by atoms with Crippen LogP contribution in [0.15, 0.2) is 41.3 Å². The summed E-state index contributed by atoms with van der Waals surface area (Å²) in [5.41, 5.74) is 1.40. The normalized spacial score (nSPS) is 20.2. The van der Waals surface area contributed by atoms with Crippen molar-refractivity contribution in [2.45, 2.75) is 64.3 Å². The monoisotopic (exact) mass is 397 g/mol. The molecule has 4 rings (SSSR count). The molecule has 0 bridgehead atoms. The van der Waals surface area contributed by atoms with Crippen molar-refractivity contribution >= 4 is 11.7 Å². The van der Waals surface area contributed by atoms with E-state index in [4.69, 9.17) is 0 Å². The first-order valence-electron chi connectivity index (χ1n) is 10.8. The van der Waals surface area contributed by atoms with E-state index in [2.05, 4.69) is 22.4 Å². The number of anilines is 1. The van der Waals surface area contributed by atoms with Crippen LogP contribution in [0.1, 0.15) is 69.3 Å². The van der Waals surface area contributed by atoms with Gasteiger partial charge in [-0.05, 0) is 43.6 Å². The van der Waals surface area contributed by atoms with Gasteiger partial charge in [0.15, 0.2) is 0 Å². The number of nitrogens with zero attached hydrogens (tertiary/aromatic N) is 2. The second-order valence-electron chi connectivity index (χ2n) is 7.61. The zero-order chi connectivity index (χ0) is 20.8. The molecule has 0 spiro atoms. The maximum absolute atomic E-state index is 12.9. The lowest BCUT2D eigenvalue weighted by atomic mass is 9.74. The van der Waals surface area contributed by atoms with Crippen LogP contribution in [-0.2, 0) is 11.2 Å². The third kappa shape index (κ3) is 4.52. The molecule has 2 atom stereocenters. The standard InChI is InChI=1S/C21H25N3O3.C2H6/c25-20-17(22-11-5-8-14-6-2-1-3-7-14)13-23-19-16(15-9-4-10-15)12-18(21(26)27)24(19)20;1-2/h1-3,6-7,13,15-16,18,22H,4-5,8-12H2,(H,26,27);1-2H3. The fraction of sp³-hybridized carbons (Fsp3) is 0.522. The molecule has 6 heteroatoms. The minimum absolute atomic E-state index is 0.0969. The molecule has 0 amide bonds. The largest absolute Gasteiger partial charge is 0.480 e. The number of carboxylic acids is 1. The SMILES string of the molecule is CC.O=C(O)C1CC(C2CCC2)c2ncc(NCCCc3ccccc3)c(=O)n21. The molecule has 2 heterocycles. The van der Waals surface area contributed by atoms with Crippen molar-refractivity contribution in [2.24, 2.45) is 5.92 Å². The van der Waals surface area contributed by atoms with E-state index in [1.807, 2.05) is 32.0 Å². The van der Waals surface area contributed by atoms with Gasteiger partial charge in [0, 0.05) is 12.5 Å². The van der Waals surface area contributed by atoms with E-state index in [1.165, 1.54) is 16.6 Å². The van der Waals surface area contributed by atoms with Crippen LogP contribution >= 0.6 is 0 Å². The van der Waals surface area contributed by atoms with Gasteiger partial charge < -0.3 is 10.4 Å². The Morgan fingerprint density at radius 1 is 1.24 bits per heavy atom. The topological polar surface area (TPSA) is 84.2 Å². The number of aryl methyl sites for hydroxylation is 1. The molecule has 6 nitrogen and oxygen atoms in total. The lowest BCUT2D eigenvalue weighted by molar-refractivity contribution is -0.140. The third-order valence-electron chi connectivity index (χ3n) is 5.95. The highest BCUT2D eigenvalue weighted by atomic mass is 16.4. The number of benzene rings is 1. The first kappa shape index (κ1) is 21.1. The van der Waals surface area contributed by atoms with Crippen LogP contribution < -0.4 is 10.9 Å². The molecule has 1 fully saturated rings. The van der Waals surface area contributed by atoms with Crippen LogP contribution in [0.2, 0.25) is 0 Å². The summed E-state index contributed by atoms with van der Waals surface area (Å²) in [6.45, 7) is 4.65. The number of hydrogen-bond donors (Lipinski definition) is 2. The van der Waals surface area contributed by atoms with Gasteiger partial charge in [0.05, 0.1) is 6.20 Å². The fourth-order valence-electron chi connectivity index (χ4n) is 4.25. The maximum Gasteiger partial charge on any atom is 0.326 e. The quantitative estimate of drug-likeness (QED) is 0.683. The molecule has 1 aromatic carbocycles. The number of aliphatic carboxylic acids is 1. The van der Waals surface area contributed by atoms with Crippen molar-refractivity contribution in [3.8, 4) is 0 Å². The summed E-state index contributed by atoms with van der Waals surface area (Å²) in [6, 6.07) is 9.41. The van der Waals surface area contributed by atoms with Gasteiger partial charge in [-0.15, -0.1) is 0 Å². The molecule has 0 saturated heterocycles. The zero-order valence-corrected chi connectivity index (χ0v) is 17.3. The zero-order valence-electron chi connectivity index (χ0n) is 17.3. The Morgan fingerprint density at radius 3 is 2.59 bits per heavy atom. The van der Waals surface area contributed by atoms with Gasteiger partial charge >= 0.3 is 5.97 Å². The molecular formula is C23H31N3O3. The first-order chi connectivity index (χ1) is 14.1. The molecule has 2 unspecified atom stereocenters. The molecule has 1 aromatic heterocycles. The number of hydrogen-bond acceptors (Lipinski definition) is 4. The number of carbonyl (C=O) groups is 1. The van der Waals surface area contributed by atoms with Crippen LogP contribution in [0.5, 0.6) is 0 Å². The van der Waals surface area contributed by atoms with E-state index >= 15 is 0 Å². The van der Waals surface area contributed by atoms with Crippen molar-refractivity contribution in [1.29, 1.82) is 0 Å². The lowest BCUT2D eigenvalue weighted by Gasteiger charge is -2.30. The van der Waals surface area contributed by atoms with Gasteiger partial charge in [-0.1, -0.05) is 50.6 Å². The van der Waals surface area contributed by atoms with E-state index in [1.54, 1.807) is 6.20 Å². The summed E-state index contributed by atoms with van der Waals surface area (Å²) in [5.74, 6) is 0.284. The molecule has 0 radical (unpaired) electrons. The summed E-state index contributed by atoms with van der Waals surface area (Å²) >= 11 is 0. The summed E-state index contributed by atoms with van der Waals surface area (Å²) < 4.78 is 1.42. The van der Waals surface area contributed by atoms with Crippen LogP contribution in [0.4, 0.5) is 5.69 Å². The van der Waals surface area contributed by atoms with E-state index in [-0.39, 0.29) is 11.5 Å². The molecule has 1 aliphatic carbocycles. The highest BCUT2D eigenvalue weighted by molar-refractivity contribution is 5.73. The average molecular weight is 398 g/mol. The Bertz CT molecular complexity index is 875. The molecule has 2 aliphatic rings. The summed E-state index contributed by atoms with van der Waals surface area (Å²) in [5, 5.41) is 12.8. The maximum atomic E-state index is 12.9. The van der Waals surface area contributed by atoms with Gasteiger partial charge in [-0.2, -0.15) is 0 Å². The van der Waals surface area contributed by atoms with E-state index < -0.39 is 12.0 Å². The van der Waals surface area contributed by atoms with Gasteiger partial charge in [-0.25, -0.2) is 9.78 Å². The first-order valence-corrected chi connectivity index (χ1v) is 10.8. The number of rotatable bonds is 7. The lowest BCUT2D eigenvalue weighted by Crippen LogP contribution is -2.30. The molecule has 1 aliphatic heterocycles. The van der Waals surface area contributed by atoms with Crippen molar-refractivity contribution < 1.29 is 9.90 Å². The van der Waals surface area contributed by atoms with Crippen molar-refractivity contribution in [3.63, 3.8) is 0 Å². The van der Waals surface area contributed by atoms with E-state index in [0.717, 1.165) is 25.7 Å².